The van der Waals surface area contributed by atoms with Crippen LogP contribution in [0.2, 0.25) is 0 Å². The maximum absolute atomic E-state index is 9.84. The zero-order valence-corrected chi connectivity index (χ0v) is 15.1. The molecule has 123 valence electrons. The molecule has 0 unspecified atom stereocenters. The number of aromatic hydroxyl groups is 1. The summed E-state index contributed by atoms with van der Waals surface area (Å²) in [5, 5.41) is 12.1. The van der Waals surface area contributed by atoms with Crippen molar-refractivity contribution in [1.82, 2.24) is 0 Å². The van der Waals surface area contributed by atoms with E-state index >= 15 is 0 Å². The topological polar surface area (TPSA) is 42.6 Å². The van der Waals surface area contributed by atoms with E-state index in [1.165, 1.54) is 18.1 Å². The molecule has 2 aromatic carbocycles. The van der Waals surface area contributed by atoms with Crippen LogP contribution in [0.5, 0.6) is 11.5 Å². The van der Waals surface area contributed by atoms with Gasteiger partial charge in [-0.2, -0.15) is 0 Å². The van der Waals surface area contributed by atoms with Crippen LogP contribution < -0.4 is 14.8 Å². The summed E-state index contributed by atoms with van der Waals surface area (Å²) in [4.78, 5) is 0. The first-order chi connectivity index (χ1) is 11.4. The Morgan fingerprint density at radius 2 is 1.50 bits per heavy atom. The lowest BCUT2D eigenvalue weighted by Crippen LogP contribution is -2.47. The van der Waals surface area contributed by atoms with Crippen LogP contribution in [-0.4, -0.2) is 14.1 Å². The molecule has 0 fully saturated rings. The fraction of sp³-hybridized carbons (Fsp3) is 0.200. The van der Waals surface area contributed by atoms with Crippen LogP contribution in [0.1, 0.15) is 26.3 Å². The summed E-state index contributed by atoms with van der Waals surface area (Å²) in [6.07, 6.45) is 2.72. The van der Waals surface area contributed by atoms with Crippen LogP contribution in [0.25, 0.3) is 0 Å². The summed E-state index contributed by atoms with van der Waals surface area (Å²) < 4.78 is 11.2. The predicted octanol–water partition coefficient (Wildman–Crippen LogP) is 3.47. The van der Waals surface area contributed by atoms with Crippen molar-refractivity contribution in [2.24, 2.45) is 0 Å². The molecule has 0 amide bonds. The van der Waals surface area contributed by atoms with E-state index in [1.54, 1.807) is 0 Å². The number of furan rings is 1. The Bertz CT molecular complexity index is 786. The van der Waals surface area contributed by atoms with Gasteiger partial charge in [0.25, 0.3) is 0 Å². The van der Waals surface area contributed by atoms with Crippen molar-refractivity contribution in [2.45, 2.75) is 26.2 Å². The quantitative estimate of drug-likeness (QED) is 0.741. The molecule has 1 radical (unpaired) electrons. The third kappa shape index (κ3) is 3.54. The Morgan fingerprint density at radius 1 is 0.875 bits per heavy atom. The highest BCUT2D eigenvalue weighted by Crippen LogP contribution is 2.27. The van der Waals surface area contributed by atoms with Gasteiger partial charge in [0.1, 0.15) is 12.5 Å². The van der Waals surface area contributed by atoms with Gasteiger partial charge in [-0.25, -0.2) is 0 Å². The van der Waals surface area contributed by atoms with Crippen molar-refractivity contribution in [1.29, 1.82) is 0 Å². The minimum Gasteiger partial charge on any atom is -0.528 e. The van der Waals surface area contributed by atoms with Gasteiger partial charge in [0.05, 0.1) is 0 Å². The lowest BCUT2D eigenvalue weighted by atomic mass is 9.87. The zero-order valence-electron chi connectivity index (χ0n) is 14.1. The van der Waals surface area contributed by atoms with E-state index < -0.39 is 9.04 Å². The van der Waals surface area contributed by atoms with Crippen molar-refractivity contribution in [3.63, 3.8) is 0 Å². The molecule has 1 aromatic heterocycles. The van der Waals surface area contributed by atoms with Crippen molar-refractivity contribution in [3.8, 4) is 11.5 Å². The second kappa shape index (κ2) is 6.57. The molecule has 0 spiro atoms. The molecule has 0 saturated carbocycles. The molecule has 3 rings (SSSR count). The van der Waals surface area contributed by atoms with Gasteiger partial charge < -0.3 is 13.9 Å². The maximum Gasteiger partial charge on any atom is 0.353 e. The molecule has 0 aliphatic rings. The van der Waals surface area contributed by atoms with Crippen molar-refractivity contribution < 1.29 is 13.9 Å². The Hall–Kier alpha value is -2.46. The average Bonchev–Trinajstić information content (AvgIpc) is 2.98. The van der Waals surface area contributed by atoms with Gasteiger partial charge in [0.2, 0.25) is 0 Å². The fourth-order valence-corrected chi connectivity index (χ4v) is 4.37. The standard InChI is InChI=1S/C20H21O3Si/c1-20(2,3)15-9-11-17(12-10-15)24(16-7-5-4-6-8-16)23-19-14-22-13-18(19)21/h4-14,21H,1-3H3. The molecule has 1 heterocycles. The summed E-state index contributed by atoms with van der Waals surface area (Å²) in [6, 6.07) is 18.7. The zero-order chi connectivity index (χ0) is 17.2. The Morgan fingerprint density at radius 3 is 2.04 bits per heavy atom. The smallest absolute Gasteiger partial charge is 0.353 e. The summed E-state index contributed by atoms with van der Waals surface area (Å²) in [7, 11) is -1.53. The maximum atomic E-state index is 9.84. The predicted molar refractivity (Wildman–Crippen MR) is 97.6 cm³/mol. The molecule has 0 aliphatic carbocycles. The van der Waals surface area contributed by atoms with Crippen LogP contribution in [0.3, 0.4) is 0 Å². The third-order valence-electron chi connectivity index (χ3n) is 3.87. The Kier molecular flexibility index (Phi) is 4.49. The SMILES string of the molecule is CC(C)(C)c1ccc([Si](Oc2cocc2O)c2ccccc2)cc1. The number of hydrogen-bond donors (Lipinski definition) is 1. The van der Waals surface area contributed by atoms with Crippen LogP contribution in [-0.2, 0) is 5.41 Å². The molecule has 0 aliphatic heterocycles. The van der Waals surface area contributed by atoms with E-state index in [4.69, 9.17) is 8.84 Å². The van der Waals surface area contributed by atoms with Crippen LogP contribution in [0.4, 0.5) is 0 Å². The van der Waals surface area contributed by atoms with Crippen LogP contribution >= 0.6 is 0 Å². The van der Waals surface area contributed by atoms with Crippen molar-refractivity contribution in [2.75, 3.05) is 0 Å². The van der Waals surface area contributed by atoms with Gasteiger partial charge in [-0.1, -0.05) is 75.4 Å². The van der Waals surface area contributed by atoms with Crippen molar-refractivity contribution in [3.05, 3.63) is 72.7 Å². The molecule has 3 nitrogen and oxygen atoms in total. The van der Waals surface area contributed by atoms with Crippen LogP contribution in [0, 0.1) is 0 Å². The molecular weight excluding hydrogens is 316 g/mol. The molecular formula is C20H21O3Si. The summed E-state index contributed by atoms with van der Waals surface area (Å²) >= 11 is 0. The molecule has 1 N–H and O–H groups in total. The van der Waals surface area contributed by atoms with E-state index in [0.29, 0.717) is 5.75 Å². The van der Waals surface area contributed by atoms with E-state index in [2.05, 4.69) is 57.2 Å². The first kappa shape index (κ1) is 16.4. The van der Waals surface area contributed by atoms with Crippen LogP contribution in [0.15, 0.2) is 71.5 Å². The minimum atomic E-state index is -1.53. The second-order valence-corrected chi connectivity index (χ2v) is 8.76. The number of hydrogen-bond acceptors (Lipinski definition) is 3. The van der Waals surface area contributed by atoms with Gasteiger partial charge in [0, 0.05) is 0 Å². The molecule has 4 heteroatoms. The summed E-state index contributed by atoms with van der Waals surface area (Å²) in [5.41, 5.74) is 1.40. The van der Waals surface area contributed by atoms with Gasteiger partial charge in [-0.05, 0) is 21.4 Å². The van der Waals surface area contributed by atoms with E-state index in [-0.39, 0.29) is 11.2 Å². The number of rotatable bonds is 4. The lowest BCUT2D eigenvalue weighted by molar-refractivity contribution is 0.441. The first-order valence-electron chi connectivity index (χ1n) is 7.91. The van der Waals surface area contributed by atoms with Gasteiger partial charge >= 0.3 is 9.04 Å². The highest BCUT2D eigenvalue weighted by molar-refractivity contribution is 6.80. The summed E-state index contributed by atoms with van der Waals surface area (Å²) in [5.74, 6) is 0.410. The summed E-state index contributed by atoms with van der Waals surface area (Å²) in [6.45, 7) is 6.60. The lowest BCUT2D eigenvalue weighted by Gasteiger charge is -2.21. The van der Waals surface area contributed by atoms with Gasteiger partial charge in [-0.3, -0.25) is 0 Å². The second-order valence-electron chi connectivity index (χ2n) is 6.75. The molecule has 0 atom stereocenters. The largest absolute Gasteiger partial charge is 0.528 e. The molecule has 0 saturated heterocycles. The minimum absolute atomic E-state index is 0.0275. The van der Waals surface area contributed by atoms with Gasteiger partial charge in [0.15, 0.2) is 11.5 Å². The van der Waals surface area contributed by atoms with Crippen molar-refractivity contribution >= 4 is 19.4 Å². The number of benzene rings is 2. The van der Waals surface area contributed by atoms with E-state index in [1.807, 2.05) is 18.2 Å². The Balaban J connectivity index is 1.97. The highest BCUT2D eigenvalue weighted by Gasteiger charge is 2.24. The third-order valence-corrected chi connectivity index (χ3v) is 6.01. The molecule has 24 heavy (non-hydrogen) atoms. The first-order valence-corrected chi connectivity index (χ1v) is 9.32. The Labute approximate surface area is 144 Å². The average molecular weight is 337 g/mol. The van der Waals surface area contributed by atoms with Gasteiger partial charge in [-0.15, -0.1) is 0 Å². The molecule has 0 bridgehead atoms. The highest BCUT2D eigenvalue weighted by atomic mass is 28.3. The van der Waals surface area contributed by atoms with E-state index in [0.717, 1.165) is 10.4 Å². The van der Waals surface area contributed by atoms with E-state index in [9.17, 15) is 5.11 Å². The molecule has 3 aromatic rings. The fourth-order valence-electron chi connectivity index (χ4n) is 2.46. The monoisotopic (exact) mass is 337 g/mol. The normalized spacial score (nSPS) is 11.7.